The SMILES string of the molecule is COc1ccc(Cl)cc1NC(=O)CSc1nnc(NC(=O)Cc2ccc(OC)c(OC)c2)s1. The molecule has 174 valence electrons. The van der Waals surface area contributed by atoms with Crippen LogP contribution >= 0.6 is 34.7 Å². The van der Waals surface area contributed by atoms with Crippen LogP contribution in [-0.4, -0.2) is 49.1 Å². The quantitative estimate of drug-likeness (QED) is 0.310. The maximum atomic E-state index is 12.4. The number of rotatable bonds is 10. The summed E-state index contributed by atoms with van der Waals surface area (Å²) in [6, 6.07) is 10.2. The number of thioether (sulfide) groups is 1. The van der Waals surface area contributed by atoms with Crippen molar-refractivity contribution in [2.24, 2.45) is 0 Å². The number of methoxy groups -OCH3 is 3. The van der Waals surface area contributed by atoms with E-state index in [1.165, 1.54) is 37.3 Å². The lowest BCUT2D eigenvalue weighted by atomic mass is 10.1. The predicted octanol–water partition coefficient (Wildman–Crippen LogP) is 4.13. The van der Waals surface area contributed by atoms with Crippen LogP contribution in [0.25, 0.3) is 0 Å². The number of carbonyl (C=O) groups is 2. The summed E-state index contributed by atoms with van der Waals surface area (Å²) in [5.74, 6) is 1.24. The van der Waals surface area contributed by atoms with E-state index in [1.54, 1.807) is 43.5 Å². The van der Waals surface area contributed by atoms with Gasteiger partial charge in [-0.3, -0.25) is 9.59 Å². The first-order valence-corrected chi connectivity index (χ1v) is 11.7. The Kier molecular flexibility index (Phi) is 8.75. The number of nitrogens with zero attached hydrogens (tertiary/aromatic N) is 2. The van der Waals surface area contributed by atoms with Crippen LogP contribution in [0, 0.1) is 0 Å². The van der Waals surface area contributed by atoms with Crippen molar-refractivity contribution in [2.45, 2.75) is 10.8 Å². The van der Waals surface area contributed by atoms with Crippen molar-refractivity contribution < 1.29 is 23.8 Å². The van der Waals surface area contributed by atoms with Crippen molar-refractivity contribution >= 4 is 57.3 Å². The van der Waals surface area contributed by atoms with Crippen molar-refractivity contribution in [1.29, 1.82) is 0 Å². The van der Waals surface area contributed by atoms with E-state index >= 15 is 0 Å². The van der Waals surface area contributed by atoms with E-state index in [2.05, 4.69) is 20.8 Å². The minimum Gasteiger partial charge on any atom is -0.495 e. The fourth-order valence-electron chi connectivity index (χ4n) is 2.75. The van der Waals surface area contributed by atoms with E-state index in [1.807, 2.05) is 0 Å². The van der Waals surface area contributed by atoms with Crippen LogP contribution in [0.5, 0.6) is 17.2 Å². The summed E-state index contributed by atoms with van der Waals surface area (Å²) >= 11 is 8.37. The summed E-state index contributed by atoms with van der Waals surface area (Å²) in [5.41, 5.74) is 1.24. The van der Waals surface area contributed by atoms with Gasteiger partial charge >= 0.3 is 0 Å². The number of amides is 2. The molecule has 0 saturated carbocycles. The third-order valence-electron chi connectivity index (χ3n) is 4.23. The lowest BCUT2D eigenvalue weighted by molar-refractivity contribution is -0.115. The molecule has 0 saturated heterocycles. The Hall–Kier alpha value is -3.02. The highest BCUT2D eigenvalue weighted by molar-refractivity contribution is 8.01. The minimum absolute atomic E-state index is 0.101. The molecule has 0 spiro atoms. The van der Waals surface area contributed by atoms with E-state index in [0.29, 0.717) is 37.4 Å². The number of hydrogen-bond donors (Lipinski definition) is 2. The first kappa shape index (κ1) is 24.6. The van der Waals surface area contributed by atoms with Gasteiger partial charge in [0.25, 0.3) is 0 Å². The molecule has 2 aromatic carbocycles. The Bertz CT molecular complexity index is 1140. The molecule has 2 N–H and O–H groups in total. The second-order valence-electron chi connectivity index (χ2n) is 6.47. The number of ether oxygens (including phenoxy) is 3. The molecule has 9 nitrogen and oxygen atoms in total. The van der Waals surface area contributed by atoms with Crippen molar-refractivity contribution in [3.05, 3.63) is 47.0 Å². The van der Waals surface area contributed by atoms with Gasteiger partial charge in [-0.1, -0.05) is 40.8 Å². The molecule has 0 atom stereocenters. The van der Waals surface area contributed by atoms with Gasteiger partial charge in [0, 0.05) is 5.02 Å². The molecule has 3 aromatic rings. The minimum atomic E-state index is -0.255. The van der Waals surface area contributed by atoms with Crippen LogP contribution < -0.4 is 24.8 Å². The molecular formula is C21H21ClN4O5S2. The Morgan fingerprint density at radius 1 is 0.939 bits per heavy atom. The van der Waals surface area contributed by atoms with E-state index in [0.717, 1.165) is 5.56 Å². The van der Waals surface area contributed by atoms with E-state index in [-0.39, 0.29) is 24.0 Å². The monoisotopic (exact) mass is 508 g/mol. The van der Waals surface area contributed by atoms with Crippen LogP contribution in [0.3, 0.4) is 0 Å². The van der Waals surface area contributed by atoms with Crippen molar-refractivity contribution in [1.82, 2.24) is 10.2 Å². The molecule has 12 heteroatoms. The number of hydrogen-bond acceptors (Lipinski definition) is 9. The van der Waals surface area contributed by atoms with Gasteiger partial charge in [-0.15, -0.1) is 10.2 Å². The maximum absolute atomic E-state index is 12.4. The number of benzene rings is 2. The fraction of sp³-hybridized carbons (Fsp3) is 0.238. The molecule has 1 heterocycles. The molecule has 0 fully saturated rings. The van der Waals surface area contributed by atoms with E-state index in [4.69, 9.17) is 25.8 Å². The summed E-state index contributed by atoms with van der Waals surface area (Å²) in [4.78, 5) is 24.7. The second-order valence-corrected chi connectivity index (χ2v) is 9.11. The molecule has 2 amide bonds. The van der Waals surface area contributed by atoms with Gasteiger partial charge < -0.3 is 24.8 Å². The standard InChI is InChI=1S/C21H21ClN4O5S2/c1-29-15-7-5-13(22)10-14(15)23-19(28)11-32-21-26-25-20(33-21)24-18(27)9-12-4-6-16(30-2)17(8-12)31-3/h4-8,10H,9,11H2,1-3H3,(H,23,28)(H,24,25,27). The molecule has 0 radical (unpaired) electrons. The number of halogens is 1. The highest BCUT2D eigenvalue weighted by Crippen LogP contribution is 2.30. The molecular weight excluding hydrogens is 488 g/mol. The fourth-order valence-corrected chi connectivity index (χ4v) is 4.49. The van der Waals surface area contributed by atoms with Gasteiger partial charge in [-0.25, -0.2) is 0 Å². The lowest BCUT2D eigenvalue weighted by Crippen LogP contribution is -2.14. The Balaban J connectivity index is 1.51. The Morgan fingerprint density at radius 2 is 1.67 bits per heavy atom. The molecule has 0 unspecified atom stereocenters. The average molecular weight is 509 g/mol. The topological polar surface area (TPSA) is 112 Å². The van der Waals surface area contributed by atoms with E-state index in [9.17, 15) is 9.59 Å². The first-order valence-electron chi connectivity index (χ1n) is 9.52. The third-order valence-corrected chi connectivity index (χ3v) is 6.43. The summed E-state index contributed by atoms with van der Waals surface area (Å²) in [7, 11) is 4.59. The predicted molar refractivity (Wildman–Crippen MR) is 129 cm³/mol. The number of anilines is 2. The van der Waals surface area contributed by atoms with Crippen molar-refractivity contribution in [2.75, 3.05) is 37.7 Å². The summed E-state index contributed by atoms with van der Waals surface area (Å²) in [5, 5.41) is 14.3. The Labute approximate surface area is 203 Å². The number of nitrogens with one attached hydrogen (secondary N) is 2. The van der Waals surface area contributed by atoms with Crippen LogP contribution in [0.4, 0.5) is 10.8 Å². The smallest absolute Gasteiger partial charge is 0.234 e. The molecule has 0 aliphatic rings. The normalized spacial score (nSPS) is 10.4. The Morgan fingerprint density at radius 3 is 2.39 bits per heavy atom. The zero-order chi connectivity index (χ0) is 23.8. The summed E-state index contributed by atoms with van der Waals surface area (Å²) < 4.78 is 16.2. The maximum Gasteiger partial charge on any atom is 0.234 e. The van der Waals surface area contributed by atoms with E-state index < -0.39 is 0 Å². The first-order chi connectivity index (χ1) is 15.9. The van der Waals surface area contributed by atoms with Crippen LogP contribution in [-0.2, 0) is 16.0 Å². The third kappa shape index (κ3) is 6.98. The summed E-state index contributed by atoms with van der Waals surface area (Å²) in [6.45, 7) is 0. The zero-order valence-corrected chi connectivity index (χ0v) is 20.4. The van der Waals surface area contributed by atoms with Gasteiger partial charge in [0.1, 0.15) is 5.75 Å². The zero-order valence-electron chi connectivity index (χ0n) is 18.0. The van der Waals surface area contributed by atoms with Crippen LogP contribution in [0.1, 0.15) is 5.56 Å². The summed E-state index contributed by atoms with van der Waals surface area (Å²) in [6.07, 6.45) is 0.131. The molecule has 0 aliphatic carbocycles. The van der Waals surface area contributed by atoms with Gasteiger partial charge in [0.15, 0.2) is 15.8 Å². The van der Waals surface area contributed by atoms with Crippen LogP contribution in [0.15, 0.2) is 40.7 Å². The number of carbonyl (C=O) groups excluding carboxylic acids is 2. The van der Waals surface area contributed by atoms with Gasteiger partial charge in [0.05, 0.1) is 39.2 Å². The van der Waals surface area contributed by atoms with Gasteiger partial charge in [-0.05, 0) is 35.9 Å². The highest BCUT2D eigenvalue weighted by atomic mass is 35.5. The molecule has 0 aliphatic heterocycles. The lowest BCUT2D eigenvalue weighted by Gasteiger charge is -2.10. The highest BCUT2D eigenvalue weighted by Gasteiger charge is 2.14. The van der Waals surface area contributed by atoms with Gasteiger partial charge in [0.2, 0.25) is 16.9 Å². The van der Waals surface area contributed by atoms with Crippen LogP contribution in [0.2, 0.25) is 5.02 Å². The molecule has 3 rings (SSSR count). The van der Waals surface area contributed by atoms with Gasteiger partial charge in [-0.2, -0.15) is 0 Å². The molecule has 0 bridgehead atoms. The van der Waals surface area contributed by atoms with Crippen molar-refractivity contribution in [3.8, 4) is 17.2 Å². The number of aromatic nitrogens is 2. The second kappa shape index (κ2) is 11.7. The largest absolute Gasteiger partial charge is 0.495 e. The average Bonchev–Trinajstić information content (AvgIpc) is 3.24. The van der Waals surface area contributed by atoms with Crippen molar-refractivity contribution in [3.63, 3.8) is 0 Å². The molecule has 1 aromatic heterocycles. The molecule has 33 heavy (non-hydrogen) atoms.